The maximum absolute atomic E-state index is 13.1. The van der Waals surface area contributed by atoms with Crippen LogP contribution in [-0.4, -0.2) is 53.5 Å². The van der Waals surface area contributed by atoms with Gasteiger partial charge in [0.2, 0.25) is 5.91 Å². The van der Waals surface area contributed by atoms with Crippen molar-refractivity contribution in [1.29, 1.82) is 0 Å². The number of ether oxygens (including phenoxy) is 1. The van der Waals surface area contributed by atoms with E-state index in [1.807, 2.05) is 0 Å². The van der Waals surface area contributed by atoms with Crippen molar-refractivity contribution in [2.75, 3.05) is 19.7 Å². The highest BCUT2D eigenvalue weighted by Crippen LogP contribution is 2.13. The van der Waals surface area contributed by atoms with Gasteiger partial charge in [-0.15, -0.1) is 0 Å². The monoisotopic (exact) mass is 507 g/mol. The zero-order chi connectivity index (χ0) is 25.5. The minimum absolute atomic E-state index is 0.0432. The Morgan fingerprint density at radius 3 is 2.29 bits per heavy atom. The van der Waals surface area contributed by atoms with Gasteiger partial charge in [-0.1, -0.05) is 64.7 Å². The molecule has 1 aliphatic heterocycles. The van der Waals surface area contributed by atoms with Gasteiger partial charge in [0, 0.05) is 18.7 Å². The molecule has 1 unspecified atom stereocenters. The van der Waals surface area contributed by atoms with E-state index < -0.39 is 23.7 Å². The number of hydrogen-bond donors (Lipinski definition) is 2. The van der Waals surface area contributed by atoms with Gasteiger partial charge in [-0.2, -0.15) is 0 Å². The zero-order valence-corrected chi connectivity index (χ0v) is 21.5. The summed E-state index contributed by atoms with van der Waals surface area (Å²) in [5, 5.41) is 5.33. The molecule has 0 bridgehead atoms. The van der Waals surface area contributed by atoms with Gasteiger partial charge < -0.3 is 15.0 Å². The molecule has 194 valence electrons. The van der Waals surface area contributed by atoms with Crippen molar-refractivity contribution >= 4 is 35.1 Å². The Bertz CT molecular complexity index is 834. The average Bonchev–Trinajstić information content (AvgIpc) is 2.84. The van der Waals surface area contributed by atoms with E-state index in [9.17, 15) is 18.8 Å². The van der Waals surface area contributed by atoms with Crippen LogP contribution in [0.15, 0.2) is 24.3 Å². The fraction of sp³-hybridized carbons (Fsp3) is 0.615. The molecule has 0 spiro atoms. The Kier molecular flexibility index (Phi) is 13.3. The molecular formula is C26H38FN3O4S. The highest BCUT2D eigenvalue weighted by Gasteiger charge is 2.34. The molecule has 1 aromatic carbocycles. The first-order chi connectivity index (χ1) is 16.9. The molecule has 9 heteroatoms. The van der Waals surface area contributed by atoms with Crippen molar-refractivity contribution in [2.45, 2.75) is 83.6 Å². The van der Waals surface area contributed by atoms with Crippen molar-refractivity contribution < 1.29 is 23.5 Å². The molecule has 1 fully saturated rings. The van der Waals surface area contributed by atoms with Crippen LogP contribution >= 0.6 is 12.2 Å². The Balaban J connectivity index is 1.70. The number of rotatable bonds is 14. The number of halogens is 1. The zero-order valence-electron chi connectivity index (χ0n) is 20.7. The SMILES string of the molecule is CCCCCCCCCCCCOC(=O)CC1C(=O)NCCN1C(=S)NC(=O)c1ccc(F)cc1. The summed E-state index contributed by atoms with van der Waals surface area (Å²) in [5.74, 6) is -1.78. The number of nitrogens with one attached hydrogen (secondary N) is 2. The van der Waals surface area contributed by atoms with Gasteiger partial charge in [0.15, 0.2) is 5.11 Å². The molecule has 35 heavy (non-hydrogen) atoms. The molecule has 1 aromatic rings. The Hall–Kier alpha value is -2.55. The van der Waals surface area contributed by atoms with Crippen LogP contribution < -0.4 is 10.6 Å². The first-order valence-electron chi connectivity index (χ1n) is 12.7. The lowest BCUT2D eigenvalue weighted by Crippen LogP contribution is -2.60. The molecule has 1 heterocycles. The van der Waals surface area contributed by atoms with Gasteiger partial charge >= 0.3 is 5.97 Å². The summed E-state index contributed by atoms with van der Waals surface area (Å²) in [7, 11) is 0. The molecule has 7 nitrogen and oxygen atoms in total. The number of carbonyl (C=O) groups is 3. The molecule has 1 atom stereocenters. The van der Waals surface area contributed by atoms with Crippen LogP contribution in [0.5, 0.6) is 0 Å². The summed E-state index contributed by atoms with van der Waals surface area (Å²) in [5.41, 5.74) is 0.239. The van der Waals surface area contributed by atoms with Crippen molar-refractivity contribution in [2.24, 2.45) is 0 Å². The van der Waals surface area contributed by atoms with E-state index in [0.717, 1.165) is 19.3 Å². The molecule has 1 saturated heterocycles. The van der Waals surface area contributed by atoms with E-state index in [-0.39, 0.29) is 23.0 Å². The number of carbonyl (C=O) groups excluding carboxylic acids is 3. The Morgan fingerprint density at radius 1 is 1.06 bits per heavy atom. The predicted molar refractivity (Wildman–Crippen MR) is 137 cm³/mol. The summed E-state index contributed by atoms with van der Waals surface area (Å²) in [4.78, 5) is 38.7. The lowest BCUT2D eigenvalue weighted by atomic mass is 10.1. The largest absolute Gasteiger partial charge is 0.466 e. The molecule has 0 aromatic heterocycles. The summed E-state index contributed by atoms with van der Waals surface area (Å²) in [6.07, 6.45) is 11.8. The van der Waals surface area contributed by atoms with Gasteiger partial charge in [-0.05, 0) is 42.9 Å². The van der Waals surface area contributed by atoms with Crippen LogP contribution in [0.2, 0.25) is 0 Å². The van der Waals surface area contributed by atoms with Gasteiger partial charge in [-0.25, -0.2) is 4.39 Å². The van der Waals surface area contributed by atoms with Crippen molar-refractivity contribution in [3.8, 4) is 0 Å². The van der Waals surface area contributed by atoms with Crippen molar-refractivity contribution in [3.05, 3.63) is 35.6 Å². The first-order valence-corrected chi connectivity index (χ1v) is 13.1. The van der Waals surface area contributed by atoms with E-state index in [1.54, 1.807) is 0 Å². The van der Waals surface area contributed by atoms with Gasteiger partial charge in [0.05, 0.1) is 13.0 Å². The highest BCUT2D eigenvalue weighted by molar-refractivity contribution is 7.80. The maximum Gasteiger partial charge on any atom is 0.308 e. The van der Waals surface area contributed by atoms with Crippen LogP contribution in [0.3, 0.4) is 0 Å². The molecule has 0 radical (unpaired) electrons. The third-order valence-electron chi connectivity index (χ3n) is 6.04. The second-order valence-electron chi connectivity index (χ2n) is 8.87. The number of amides is 2. The smallest absolute Gasteiger partial charge is 0.308 e. The topological polar surface area (TPSA) is 87.7 Å². The highest BCUT2D eigenvalue weighted by atomic mass is 32.1. The average molecular weight is 508 g/mol. The van der Waals surface area contributed by atoms with E-state index in [1.165, 1.54) is 74.1 Å². The molecule has 0 saturated carbocycles. The molecular weight excluding hydrogens is 469 g/mol. The van der Waals surface area contributed by atoms with Crippen LogP contribution in [0, 0.1) is 5.82 Å². The fourth-order valence-corrected chi connectivity index (χ4v) is 4.31. The second kappa shape index (κ2) is 16.2. The minimum atomic E-state index is -0.857. The van der Waals surface area contributed by atoms with Gasteiger partial charge in [-0.3, -0.25) is 19.7 Å². The number of nitrogens with zero attached hydrogens (tertiary/aromatic N) is 1. The van der Waals surface area contributed by atoms with Crippen LogP contribution in [-0.2, 0) is 14.3 Å². The number of piperazine rings is 1. The summed E-state index contributed by atoms with van der Waals surface area (Å²) >= 11 is 5.33. The third kappa shape index (κ3) is 10.7. The van der Waals surface area contributed by atoms with Crippen LogP contribution in [0.1, 0.15) is 87.9 Å². The fourth-order valence-electron chi connectivity index (χ4n) is 4.00. The lowest BCUT2D eigenvalue weighted by molar-refractivity contribution is -0.147. The Labute approximate surface area is 213 Å². The molecule has 2 N–H and O–H groups in total. The summed E-state index contributed by atoms with van der Waals surface area (Å²) < 4.78 is 18.4. The van der Waals surface area contributed by atoms with Crippen molar-refractivity contribution in [3.63, 3.8) is 0 Å². The number of unbranched alkanes of at least 4 members (excludes halogenated alkanes) is 9. The lowest BCUT2D eigenvalue weighted by Gasteiger charge is -2.36. The predicted octanol–water partition coefficient (Wildman–Crippen LogP) is 4.50. The maximum atomic E-state index is 13.1. The molecule has 2 amide bonds. The molecule has 0 aliphatic carbocycles. The normalized spacial score (nSPS) is 15.4. The number of thiocarbonyl (C=S) groups is 1. The van der Waals surface area contributed by atoms with Gasteiger partial charge in [0.25, 0.3) is 5.91 Å². The van der Waals surface area contributed by atoms with Crippen LogP contribution in [0.4, 0.5) is 4.39 Å². The molecule has 1 aliphatic rings. The number of benzene rings is 1. The minimum Gasteiger partial charge on any atom is -0.466 e. The van der Waals surface area contributed by atoms with E-state index in [2.05, 4.69) is 17.6 Å². The van der Waals surface area contributed by atoms with Crippen molar-refractivity contribution in [1.82, 2.24) is 15.5 Å². The number of hydrogen-bond acceptors (Lipinski definition) is 5. The first kappa shape index (κ1) is 28.7. The molecule has 2 rings (SSSR count). The second-order valence-corrected chi connectivity index (χ2v) is 9.26. The van der Waals surface area contributed by atoms with Crippen LogP contribution in [0.25, 0.3) is 0 Å². The quantitative estimate of drug-likeness (QED) is 0.219. The van der Waals surface area contributed by atoms with Gasteiger partial charge in [0.1, 0.15) is 11.9 Å². The third-order valence-corrected chi connectivity index (χ3v) is 6.38. The summed E-state index contributed by atoms with van der Waals surface area (Å²) in [6, 6.07) is 4.20. The van der Waals surface area contributed by atoms with E-state index in [4.69, 9.17) is 17.0 Å². The summed E-state index contributed by atoms with van der Waals surface area (Å²) in [6.45, 7) is 3.24. The number of esters is 1. The van der Waals surface area contributed by atoms with E-state index >= 15 is 0 Å². The van der Waals surface area contributed by atoms with E-state index in [0.29, 0.717) is 19.7 Å². The standard InChI is InChI=1S/C26H38FN3O4S/c1-2-3-4-5-6-7-8-9-10-11-18-34-23(31)19-22-25(33)28-16-17-30(22)26(35)29-24(32)20-12-14-21(27)15-13-20/h12-15,22H,2-11,16-19H2,1H3,(H,28,33)(H,29,32,35). The Morgan fingerprint density at radius 2 is 1.66 bits per heavy atom.